The van der Waals surface area contributed by atoms with E-state index in [2.05, 4.69) is 58.1 Å². The highest BCUT2D eigenvalue weighted by Gasteiger charge is 2.46. The largest absolute Gasteiger partial charge is 0.311 e. The summed E-state index contributed by atoms with van der Waals surface area (Å²) < 4.78 is 0. The van der Waals surface area contributed by atoms with Gasteiger partial charge in [0.25, 0.3) is 0 Å². The van der Waals surface area contributed by atoms with Gasteiger partial charge in [-0.25, -0.2) is 0 Å². The zero-order chi connectivity index (χ0) is 12.0. The minimum atomic E-state index is 0.186. The number of rotatable bonds is 1. The molecule has 1 unspecified atom stereocenters. The van der Waals surface area contributed by atoms with Gasteiger partial charge in [-0.3, -0.25) is 0 Å². The lowest BCUT2D eigenvalue weighted by Gasteiger charge is -2.39. The van der Waals surface area contributed by atoms with Crippen molar-refractivity contribution in [3.8, 4) is 0 Å². The lowest BCUT2D eigenvalue weighted by Crippen LogP contribution is -2.48. The van der Waals surface area contributed by atoms with Crippen molar-refractivity contribution in [2.45, 2.75) is 52.0 Å². The SMILES string of the molecule is Cc1ccc(C)c(C2(C)CCNC2(C)C)c1. The van der Waals surface area contributed by atoms with E-state index in [0.29, 0.717) is 0 Å². The Labute approximate surface area is 99.3 Å². The van der Waals surface area contributed by atoms with Crippen LogP contribution in [0.25, 0.3) is 0 Å². The van der Waals surface area contributed by atoms with E-state index in [1.807, 2.05) is 0 Å². The maximum Gasteiger partial charge on any atom is 0.0219 e. The predicted octanol–water partition coefficient (Wildman–Crippen LogP) is 3.33. The van der Waals surface area contributed by atoms with Gasteiger partial charge in [-0.1, -0.05) is 30.7 Å². The minimum absolute atomic E-state index is 0.186. The molecule has 1 aromatic rings. The second kappa shape index (κ2) is 3.59. The highest BCUT2D eigenvalue weighted by atomic mass is 15.0. The second-order valence-electron chi connectivity index (χ2n) is 5.95. The molecule has 1 saturated heterocycles. The molecule has 2 rings (SSSR count). The van der Waals surface area contributed by atoms with Crippen LogP contribution in [-0.4, -0.2) is 12.1 Å². The van der Waals surface area contributed by atoms with Crippen molar-refractivity contribution in [2.75, 3.05) is 6.54 Å². The quantitative estimate of drug-likeness (QED) is 0.761. The fourth-order valence-corrected chi connectivity index (χ4v) is 2.93. The standard InChI is InChI=1S/C15H23N/c1-11-6-7-12(2)13(10-11)15(5)8-9-16-14(15,3)4/h6-7,10,16H,8-9H2,1-5H3. The third-order valence-electron chi connectivity index (χ3n) is 4.56. The zero-order valence-corrected chi connectivity index (χ0v) is 11.1. The third-order valence-corrected chi connectivity index (χ3v) is 4.56. The molecule has 0 spiro atoms. The summed E-state index contributed by atoms with van der Waals surface area (Å²) in [6.45, 7) is 12.6. The summed E-state index contributed by atoms with van der Waals surface area (Å²) in [7, 11) is 0. The van der Waals surface area contributed by atoms with Crippen molar-refractivity contribution in [1.82, 2.24) is 5.32 Å². The van der Waals surface area contributed by atoms with E-state index in [-0.39, 0.29) is 11.0 Å². The van der Waals surface area contributed by atoms with Crippen LogP contribution in [0.1, 0.15) is 43.9 Å². The molecule has 0 radical (unpaired) electrons. The van der Waals surface area contributed by atoms with E-state index in [1.54, 1.807) is 0 Å². The summed E-state index contributed by atoms with van der Waals surface area (Å²) >= 11 is 0. The lowest BCUT2D eigenvalue weighted by atomic mass is 9.67. The molecule has 88 valence electrons. The average molecular weight is 217 g/mol. The van der Waals surface area contributed by atoms with Gasteiger partial charge >= 0.3 is 0 Å². The van der Waals surface area contributed by atoms with E-state index in [0.717, 1.165) is 6.54 Å². The molecule has 0 aromatic heterocycles. The van der Waals surface area contributed by atoms with E-state index in [4.69, 9.17) is 0 Å². The van der Waals surface area contributed by atoms with Crippen LogP contribution in [0.15, 0.2) is 18.2 Å². The van der Waals surface area contributed by atoms with Gasteiger partial charge in [0.15, 0.2) is 0 Å². The molecular weight excluding hydrogens is 194 g/mol. The summed E-state index contributed by atoms with van der Waals surface area (Å²) in [4.78, 5) is 0. The number of aryl methyl sites for hydroxylation is 2. The predicted molar refractivity (Wildman–Crippen MR) is 70.0 cm³/mol. The molecule has 0 aliphatic carbocycles. The molecule has 1 aliphatic heterocycles. The highest BCUT2D eigenvalue weighted by molar-refractivity contribution is 5.40. The Morgan fingerprint density at radius 2 is 1.81 bits per heavy atom. The Balaban J connectivity index is 2.55. The first-order chi connectivity index (χ1) is 7.37. The van der Waals surface area contributed by atoms with Crippen LogP contribution < -0.4 is 5.32 Å². The van der Waals surface area contributed by atoms with Crippen molar-refractivity contribution < 1.29 is 0 Å². The maximum atomic E-state index is 3.63. The topological polar surface area (TPSA) is 12.0 Å². The number of benzene rings is 1. The van der Waals surface area contributed by atoms with Gasteiger partial charge < -0.3 is 5.32 Å². The van der Waals surface area contributed by atoms with Gasteiger partial charge in [-0.15, -0.1) is 0 Å². The Morgan fingerprint density at radius 1 is 1.12 bits per heavy atom. The summed E-state index contributed by atoms with van der Waals surface area (Å²) in [5, 5.41) is 3.63. The second-order valence-corrected chi connectivity index (χ2v) is 5.95. The molecule has 1 aromatic carbocycles. The van der Waals surface area contributed by atoms with Crippen molar-refractivity contribution in [3.05, 3.63) is 34.9 Å². The molecule has 1 aliphatic rings. The van der Waals surface area contributed by atoms with Gasteiger partial charge in [0, 0.05) is 11.0 Å². The Kier molecular flexibility index (Phi) is 2.62. The molecule has 1 N–H and O–H groups in total. The summed E-state index contributed by atoms with van der Waals surface area (Å²) in [5.41, 5.74) is 4.74. The number of hydrogen-bond donors (Lipinski definition) is 1. The van der Waals surface area contributed by atoms with Gasteiger partial charge in [0.1, 0.15) is 0 Å². The van der Waals surface area contributed by atoms with Crippen LogP contribution in [0.3, 0.4) is 0 Å². The Morgan fingerprint density at radius 3 is 2.38 bits per heavy atom. The van der Waals surface area contributed by atoms with Crippen LogP contribution in [0.4, 0.5) is 0 Å². The van der Waals surface area contributed by atoms with Crippen molar-refractivity contribution >= 4 is 0 Å². The minimum Gasteiger partial charge on any atom is -0.311 e. The molecule has 1 nitrogen and oxygen atoms in total. The van der Waals surface area contributed by atoms with E-state index in [1.165, 1.54) is 23.1 Å². The van der Waals surface area contributed by atoms with Crippen LogP contribution in [-0.2, 0) is 5.41 Å². The summed E-state index contributed by atoms with van der Waals surface area (Å²) in [6, 6.07) is 6.83. The lowest BCUT2D eigenvalue weighted by molar-refractivity contribution is 0.296. The third kappa shape index (κ3) is 1.58. The van der Waals surface area contributed by atoms with Crippen molar-refractivity contribution in [2.24, 2.45) is 0 Å². The van der Waals surface area contributed by atoms with Gasteiger partial charge in [0.05, 0.1) is 0 Å². The van der Waals surface area contributed by atoms with Crippen molar-refractivity contribution in [1.29, 1.82) is 0 Å². The molecular formula is C15H23N. The Hall–Kier alpha value is -0.820. The molecule has 0 bridgehead atoms. The molecule has 1 atom stereocenters. The summed E-state index contributed by atoms with van der Waals surface area (Å²) in [5.74, 6) is 0. The molecule has 1 fully saturated rings. The first kappa shape index (κ1) is 11.7. The van der Waals surface area contributed by atoms with Crippen molar-refractivity contribution in [3.63, 3.8) is 0 Å². The first-order valence-electron chi connectivity index (χ1n) is 6.20. The number of hydrogen-bond acceptors (Lipinski definition) is 1. The van der Waals surface area contributed by atoms with Gasteiger partial charge in [0.2, 0.25) is 0 Å². The molecule has 0 saturated carbocycles. The molecule has 0 amide bonds. The van der Waals surface area contributed by atoms with Gasteiger partial charge in [-0.05, 0) is 51.8 Å². The van der Waals surface area contributed by atoms with Crippen LogP contribution in [0.5, 0.6) is 0 Å². The van der Waals surface area contributed by atoms with E-state index >= 15 is 0 Å². The number of nitrogens with one attached hydrogen (secondary N) is 1. The van der Waals surface area contributed by atoms with E-state index < -0.39 is 0 Å². The highest BCUT2D eigenvalue weighted by Crippen LogP contribution is 2.43. The normalized spacial score (nSPS) is 28.3. The zero-order valence-electron chi connectivity index (χ0n) is 11.1. The van der Waals surface area contributed by atoms with Crippen LogP contribution in [0, 0.1) is 13.8 Å². The smallest absolute Gasteiger partial charge is 0.0219 e. The molecule has 1 heterocycles. The fourth-order valence-electron chi connectivity index (χ4n) is 2.93. The fraction of sp³-hybridized carbons (Fsp3) is 0.600. The maximum absolute atomic E-state index is 3.63. The van der Waals surface area contributed by atoms with E-state index in [9.17, 15) is 0 Å². The Bertz CT molecular complexity index is 406. The van der Waals surface area contributed by atoms with Crippen LogP contribution in [0.2, 0.25) is 0 Å². The summed E-state index contributed by atoms with van der Waals surface area (Å²) in [6.07, 6.45) is 1.23. The van der Waals surface area contributed by atoms with Gasteiger partial charge in [-0.2, -0.15) is 0 Å². The van der Waals surface area contributed by atoms with Crippen LogP contribution >= 0.6 is 0 Å². The average Bonchev–Trinajstić information content (AvgIpc) is 2.46. The molecule has 1 heteroatoms. The monoisotopic (exact) mass is 217 g/mol. The molecule has 16 heavy (non-hydrogen) atoms. The first-order valence-corrected chi connectivity index (χ1v) is 6.20.